The Morgan fingerprint density at radius 2 is 2.00 bits per heavy atom. The monoisotopic (exact) mass is 356 g/mol. The van der Waals surface area contributed by atoms with Gasteiger partial charge in [0.15, 0.2) is 0 Å². The van der Waals surface area contributed by atoms with Gasteiger partial charge in [-0.2, -0.15) is 5.26 Å². The molecule has 0 N–H and O–H groups in total. The minimum Gasteiger partial charge on any atom is -0.469 e. The number of carbonyl (C=O) groups excluding carboxylic acids is 2. The van der Waals surface area contributed by atoms with Gasteiger partial charge in [-0.1, -0.05) is 30.3 Å². The van der Waals surface area contributed by atoms with Gasteiger partial charge in [0.2, 0.25) is 11.4 Å². The number of nitriles is 1. The van der Waals surface area contributed by atoms with Crippen molar-refractivity contribution in [2.45, 2.75) is 32.4 Å². The van der Waals surface area contributed by atoms with E-state index in [2.05, 4.69) is 9.73 Å². The summed E-state index contributed by atoms with van der Waals surface area (Å²) in [5.74, 6) is -1.69. The fourth-order valence-electron chi connectivity index (χ4n) is 3.01. The van der Waals surface area contributed by atoms with Crippen molar-refractivity contribution in [2.24, 2.45) is 4.99 Å². The molecule has 1 aliphatic rings. The van der Waals surface area contributed by atoms with Crippen LogP contribution in [-0.2, 0) is 23.8 Å². The van der Waals surface area contributed by atoms with E-state index >= 15 is 0 Å². The van der Waals surface area contributed by atoms with Crippen molar-refractivity contribution < 1.29 is 23.8 Å². The van der Waals surface area contributed by atoms with E-state index in [1.165, 1.54) is 0 Å². The lowest BCUT2D eigenvalue weighted by molar-refractivity contribution is -0.139. The number of aliphatic imine (C=N–C) groups is 1. The molecule has 136 valence electrons. The predicted molar refractivity (Wildman–Crippen MR) is 93.1 cm³/mol. The molecule has 0 bridgehead atoms. The number of nitrogens with zero attached hydrogens (tertiary/aromatic N) is 2. The van der Waals surface area contributed by atoms with E-state index in [-0.39, 0.29) is 6.61 Å². The number of esters is 2. The maximum absolute atomic E-state index is 12.5. The molecule has 1 heterocycles. The second-order valence-corrected chi connectivity index (χ2v) is 5.75. The molecule has 0 unspecified atom stereocenters. The number of benzene rings is 1. The van der Waals surface area contributed by atoms with Crippen LogP contribution >= 0.6 is 0 Å². The summed E-state index contributed by atoms with van der Waals surface area (Å²) < 4.78 is 15.6. The van der Waals surface area contributed by atoms with Gasteiger partial charge in [0, 0.05) is 0 Å². The summed E-state index contributed by atoms with van der Waals surface area (Å²) >= 11 is 0. The molecule has 7 nitrogen and oxygen atoms in total. The summed E-state index contributed by atoms with van der Waals surface area (Å²) in [6.07, 6.45) is 0. The van der Waals surface area contributed by atoms with Gasteiger partial charge in [0.1, 0.15) is 11.8 Å². The van der Waals surface area contributed by atoms with Gasteiger partial charge in [-0.3, -0.25) is 0 Å². The van der Waals surface area contributed by atoms with Crippen molar-refractivity contribution in [3.05, 3.63) is 47.2 Å². The number of carbonyl (C=O) groups is 2. The van der Waals surface area contributed by atoms with Crippen molar-refractivity contribution >= 4 is 17.7 Å². The summed E-state index contributed by atoms with van der Waals surface area (Å²) in [7, 11) is 1.16. The lowest BCUT2D eigenvalue weighted by Gasteiger charge is -2.28. The molecule has 1 aromatic carbocycles. The molecular formula is C19H20N2O5. The van der Waals surface area contributed by atoms with Crippen LogP contribution in [0, 0.1) is 11.3 Å². The second kappa shape index (κ2) is 7.83. The minimum atomic E-state index is -1.37. The maximum Gasteiger partial charge on any atom is 0.367 e. The Balaban J connectivity index is 2.60. The van der Waals surface area contributed by atoms with E-state index in [0.29, 0.717) is 11.3 Å². The van der Waals surface area contributed by atoms with Gasteiger partial charge in [-0.25, -0.2) is 14.6 Å². The third kappa shape index (κ3) is 3.59. The molecule has 2 atom stereocenters. The Bertz CT molecular complexity index is 807. The van der Waals surface area contributed by atoms with Gasteiger partial charge in [-0.15, -0.1) is 0 Å². The molecule has 26 heavy (non-hydrogen) atoms. The van der Waals surface area contributed by atoms with Gasteiger partial charge in [-0.05, 0) is 26.3 Å². The van der Waals surface area contributed by atoms with Crippen LogP contribution in [0.25, 0.3) is 0 Å². The predicted octanol–water partition coefficient (Wildman–Crippen LogP) is 2.49. The van der Waals surface area contributed by atoms with Crippen LogP contribution in [0.5, 0.6) is 0 Å². The van der Waals surface area contributed by atoms with Gasteiger partial charge in [0.05, 0.1) is 25.2 Å². The number of ether oxygens (including phenoxy) is 3. The van der Waals surface area contributed by atoms with E-state index in [1.54, 1.807) is 26.8 Å². The van der Waals surface area contributed by atoms with Crippen LogP contribution in [0.15, 0.2) is 46.7 Å². The molecule has 0 spiro atoms. The van der Waals surface area contributed by atoms with Crippen molar-refractivity contribution in [3.8, 4) is 6.07 Å². The largest absolute Gasteiger partial charge is 0.469 e. The van der Waals surface area contributed by atoms with Crippen LogP contribution in [-0.4, -0.2) is 37.1 Å². The Morgan fingerprint density at radius 3 is 2.54 bits per heavy atom. The zero-order chi connectivity index (χ0) is 19.3. The SMILES string of the molecule is CCOC(=O)C1=C(C)O[C@](C)(N=C(C#N)C(=O)OC)[C@@H]1c1ccccc1. The zero-order valence-electron chi connectivity index (χ0n) is 15.1. The molecule has 0 saturated carbocycles. The van der Waals surface area contributed by atoms with Crippen LogP contribution in [0.2, 0.25) is 0 Å². The van der Waals surface area contributed by atoms with Crippen LogP contribution in [0.1, 0.15) is 32.3 Å². The minimum absolute atomic E-state index is 0.211. The third-order valence-electron chi connectivity index (χ3n) is 4.01. The molecule has 0 saturated heterocycles. The highest BCUT2D eigenvalue weighted by Gasteiger charge is 2.50. The van der Waals surface area contributed by atoms with Crippen molar-refractivity contribution in [2.75, 3.05) is 13.7 Å². The fraction of sp³-hybridized carbons (Fsp3) is 0.368. The van der Waals surface area contributed by atoms with Crippen LogP contribution in [0.4, 0.5) is 0 Å². The summed E-state index contributed by atoms with van der Waals surface area (Å²) in [5.41, 5.74) is -0.742. The molecule has 0 radical (unpaired) electrons. The molecule has 0 aromatic heterocycles. The fourth-order valence-corrected chi connectivity index (χ4v) is 3.01. The first-order valence-electron chi connectivity index (χ1n) is 8.08. The molecule has 0 amide bonds. The maximum atomic E-state index is 12.5. The molecular weight excluding hydrogens is 336 g/mol. The second-order valence-electron chi connectivity index (χ2n) is 5.75. The Kier molecular flexibility index (Phi) is 5.78. The molecule has 7 heteroatoms. The smallest absolute Gasteiger partial charge is 0.367 e. The Morgan fingerprint density at radius 1 is 1.35 bits per heavy atom. The number of rotatable bonds is 5. The van der Waals surface area contributed by atoms with Crippen molar-refractivity contribution in [1.82, 2.24) is 0 Å². The normalized spacial score (nSPS) is 22.4. The highest BCUT2D eigenvalue weighted by Crippen LogP contribution is 2.47. The molecule has 1 aliphatic heterocycles. The standard InChI is InChI=1S/C19H20N2O5/c1-5-25-18(23)15-12(2)26-19(3,21-14(11-20)17(22)24-4)16(15)13-9-7-6-8-10-13/h6-10,16H,5H2,1-4H3/t16-,19+/m1/s1. The zero-order valence-corrected chi connectivity index (χ0v) is 15.1. The van der Waals surface area contributed by atoms with Crippen LogP contribution in [0.3, 0.4) is 0 Å². The van der Waals surface area contributed by atoms with E-state index in [4.69, 9.17) is 9.47 Å². The first-order chi connectivity index (χ1) is 12.4. The molecule has 0 aliphatic carbocycles. The van der Waals surface area contributed by atoms with Gasteiger partial charge >= 0.3 is 11.9 Å². The molecule has 0 fully saturated rings. The number of methoxy groups -OCH3 is 1. The highest BCUT2D eigenvalue weighted by atomic mass is 16.5. The summed E-state index contributed by atoms with van der Waals surface area (Å²) in [4.78, 5) is 28.5. The Labute approximate surface area is 151 Å². The number of hydrogen-bond donors (Lipinski definition) is 0. The first-order valence-corrected chi connectivity index (χ1v) is 8.08. The third-order valence-corrected chi connectivity index (χ3v) is 4.01. The summed E-state index contributed by atoms with van der Waals surface area (Å²) in [6.45, 7) is 5.17. The first kappa shape index (κ1) is 19.2. The van der Waals surface area contributed by atoms with Gasteiger partial charge < -0.3 is 14.2 Å². The van der Waals surface area contributed by atoms with Crippen molar-refractivity contribution in [1.29, 1.82) is 5.26 Å². The molecule has 1 aromatic rings. The Hall–Kier alpha value is -3.14. The van der Waals surface area contributed by atoms with E-state index in [1.807, 2.05) is 30.3 Å². The van der Waals surface area contributed by atoms with Crippen molar-refractivity contribution in [3.63, 3.8) is 0 Å². The average molecular weight is 356 g/mol. The summed E-state index contributed by atoms with van der Waals surface area (Å²) in [5, 5.41) is 9.24. The lowest BCUT2D eigenvalue weighted by atomic mass is 9.84. The lowest BCUT2D eigenvalue weighted by Crippen LogP contribution is -2.34. The average Bonchev–Trinajstić information content (AvgIpc) is 2.90. The van der Waals surface area contributed by atoms with E-state index in [9.17, 15) is 14.9 Å². The number of allylic oxidation sites excluding steroid dienone is 1. The van der Waals surface area contributed by atoms with E-state index < -0.39 is 29.3 Å². The van der Waals surface area contributed by atoms with Gasteiger partial charge in [0.25, 0.3) is 0 Å². The summed E-state index contributed by atoms with van der Waals surface area (Å²) in [6, 6.07) is 10.9. The topological polar surface area (TPSA) is 98.0 Å². The highest BCUT2D eigenvalue weighted by molar-refractivity contribution is 6.43. The quantitative estimate of drug-likeness (QED) is 0.594. The molecule has 2 rings (SSSR count). The van der Waals surface area contributed by atoms with E-state index in [0.717, 1.165) is 12.7 Å². The van der Waals surface area contributed by atoms with Crippen LogP contribution < -0.4 is 0 Å². The number of hydrogen-bond acceptors (Lipinski definition) is 7.